The lowest BCUT2D eigenvalue weighted by molar-refractivity contribution is -0.179. The van der Waals surface area contributed by atoms with Crippen LogP contribution in [0.15, 0.2) is 40.8 Å². The van der Waals surface area contributed by atoms with Crippen LogP contribution in [0.5, 0.6) is 0 Å². The van der Waals surface area contributed by atoms with E-state index in [1.165, 1.54) is 18.2 Å². The van der Waals surface area contributed by atoms with Gasteiger partial charge in [-0.05, 0) is 31.9 Å². The summed E-state index contributed by atoms with van der Waals surface area (Å²) >= 11 is 0. The molecule has 0 atom stereocenters. The van der Waals surface area contributed by atoms with E-state index in [-0.39, 0.29) is 36.7 Å². The second-order valence-electron chi connectivity index (χ2n) is 6.71. The van der Waals surface area contributed by atoms with Crippen molar-refractivity contribution in [1.29, 1.82) is 0 Å². The molecule has 1 amide bonds. The van der Waals surface area contributed by atoms with Gasteiger partial charge in [0.2, 0.25) is 0 Å². The molecule has 1 fully saturated rings. The summed E-state index contributed by atoms with van der Waals surface area (Å²) in [5.74, 6) is -1.23. The number of halogens is 5. The molecule has 166 valence electrons. The molecule has 0 aromatic carbocycles. The van der Waals surface area contributed by atoms with Crippen LogP contribution in [-0.2, 0) is 10.3 Å². The highest BCUT2D eigenvalue weighted by Crippen LogP contribution is 2.56. The zero-order valence-electron chi connectivity index (χ0n) is 16.2. The molecule has 3 N–H and O–H groups in total. The predicted octanol–water partition coefficient (Wildman–Crippen LogP) is 2.90. The number of amides is 1. The van der Waals surface area contributed by atoms with E-state index in [2.05, 4.69) is 25.5 Å². The normalized spacial score (nSPS) is 16.5. The van der Waals surface area contributed by atoms with Crippen LogP contribution in [-0.4, -0.2) is 51.0 Å². The van der Waals surface area contributed by atoms with Gasteiger partial charge in [-0.2, -0.15) is 13.2 Å². The molecule has 0 bridgehead atoms. The van der Waals surface area contributed by atoms with Crippen molar-refractivity contribution in [2.75, 3.05) is 11.9 Å². The van der Waals surface area contributed by atoms with Gasteiger partial charge < -0.3 is 11.1 Å². The molecule has 0 saturated heterocycles. The molecule has 1 aliphatic rings. The number of carbonyl (C=O) groups excluding carboxylic acids is 1. The maximum atomic E-state index is 13.5. The standard InChI is InChI=1S/C18H18F5N7O/c1-2-25-8-10(13(24)14(19)20)16(31)28-12-5-3-4-11(27-12)15-29-26-9-30(15)17(6-7-17)18(21,22)23/h3-5,8-9,14H,2,6-7,24H2,1H3,(H,27,28,31). The van der Waals surface area contributed by atoms with Crippen molar-refractivity contribution in [3.8, 4) is 11.5 Å². The van der Waals surface area contributed by atoms with Crippen LogP contribution in [0.1, 0.15) is 19.8 Å². The van der Waals surface area contributed by atoms with Crippen LogP contribution in [0.25, 0.3) is 11.5 Å². The van der Waals surface area contributed by atoms with Gasteiger partial charge >= 0.3 is 6.18 Å². The molecule has 0 unspecified atom stereocenters. The summed E-state index contributed by atoms with van der Waals surface area (Å²) in [6, 6.07) is 4.15. The summed E-state index contributed by atoms with van der Waals surface area (Å²) in [5, 5.41) is 9.62. The number of rotatable bonds is 7. The fraction of sp³-hybridized carbons (Fsp3) is 0.389. The van der Waals surface area contributed by atoms with Crippen LogP contribution in [0, 0.1) is 0 Å². The third-order valence-corrected chi connectivity index (χ3v) is 4.67. The summed E-state index contributed by atoms with van der Waals surface area (Å²) in [6.07, 6.45) is -5.91. The van der Waals surface area contributed by atoms with Gasteiger partial charge in [0, 0.05) is 12.8 Å². The van der Waals surface area contributed by atoms with Crippen LogP contribution in [0.4, 0.5) is 27.8 Å². The molecule has 1 aliphatic carbocycles. The third-order valence-electron chi connectivity index (χ3n) is 4.67. The van der Waals surface area contributed by atoms with E-state index in [9.17, 15) is 26.7 Å². The number of hydrogen-bond donors (Lipinski definition) is 2. The molecule has 0 radical (unpaired) electrons. The first-order valence-electron chi connectivity index (χ1n) is 9.14. The van der Waals surface area contributed by atoms with Crippen LogP contribution < -0.4 is 11.1 Å². The van der Waals surface area contributed by atoms with Gasteiger partial charge in [-0.15, -0.1) is 10.2 Å². The van der Waals surface area contributed by atoms with Crippen molar-refractivity contribution < 1.29 is 26.7 Å². The Bertz CT molecular complexity index is 1020. The lowest BCUT2D eigenvalue weighted by Gasteiger charge is -2.21. The highest BCUT2D eigenvalue weighted by Gasteiger charge is 2.65. The Morgan fingerprint density at radius 2 is 2.10 bits per heavy atom. The number of alkyl halides is 5. The Kier molecular flexibility index (Phi) is 6.04. The van der Waals surface area contributed by atoms with Crippen molar-refractivity contribution in [1.82, 2.24) is 19.7 Å². The molecular formula is C18H18F5N7O. The molecule has 2 heterocycles. The summed E-state index contributed by atoms with van der Waals surface area (Å²) in [6.45, 7) is 1.87. The second kappa shape index (κ2) is 8.40. The fourth-order valence-electron chi connectivity index (χ4n) is 2.88. The predicted molar refractivity (Wildman–Crippen MR) is 101 cm³/mol. The molecular weight excluding hydrogens is 425 g/mol. The number of pyridine rings is 1. The van der Waals surface area contributed by atoms with Crippen LogP contribution in [0.2, 0.25) is 0 Å². The van der Waals surface area contributed by atoms with Gasteiger partial charge in [-0.3, -0.25) is 14.4 Å². The fourth-order valence-corrected chi connectivity index (χ4v) is 2.88. The lowest BCUT2D eigenvalue weighted by Crippen LogP contribution is -2.35. The zero-order valence-corrected chi connectivity index (χ0v) is 16.2. The zero-order chi connectivity index (χ0) is 22.8. The molecule has 3 rings (SSSR count). The van der Waals surface area contributed by atoms with E-state index < -0.39 is 35.3 Å². The molecule has 31 heavy (non-hydrogen) atoms. The summed E-state index contributed by atoms with van der Waals surface area (Å²) in [5.41, 5.74) is 1.72. The molecule has 13 heteroatoms. The topological polar surface area (TPSA) is 111 Å². The Hall–Kier alpha value is -3.38. The first kappa shape index (κ1) is 22.3. The monoisotopic (exact) mass is 443 g/mol. The van der Waals surface area contributed by atoms with E-state index in [1.54, 1.807) is 6.92 Å². The van der Waals surface area contributed by atoms with Gasteiger partial charge in [0.05, 0.1) is 11.3 Å². The minimum absolute atomic E-state index is 0.0143. The third kappa shape index (κ3) is 4.39. The number of aromatic nitrogens is 4. The Morgan fingerprint density at radius 3 is 2.68 bits per heavy atom. The van der Waals surface area contributed by atoms with Gasteiger partial charge in [0.1, 0.15) is 23.4 Å². The van der Waals surface area contributed by atoms with Gasteiger partial charge in [-0.25, -0.2) is 13.8 Å². The Morgan fingerprint density at radius 1 is 1.39 bits per heavy atom. The first-order valence-corrected chi connectivity index (χ1v) is 9.14. The van der Waals surface area contributed by atoms with Crippen LogP contribution >= 0.6 is 0 Å². The maximum absolute atomic E-state index is 13.5. The number of anilines is 1. The van der Waals surface area contributed by atoms with Crippen molar-refractivity contribution in [3.05, 3.63) is 35.8 Å². The summed E-state index contributed by atoms with van der Waals surface area (Å²) in [4.78, 5) is 20.3. The average Bonchev–Trinajstić information content (AvgIpc) is 3.39. The Balaban J connectivity index is 1.91. The minimum Gasteiger partial charge on any atom is -0.397 e. The van der Waals surface area contributed by atoms with E-state index >= 15 is 0 Å². The number of hydrogen-bond acceptors (Lipinski definition) is 6. The number of carbonyl (C=O) groups is 1. The van der Waals surface area contributed by atoms with E-state index in [0.29, 0.717) is 0 Å². The lowest BCUT2D eigenvalue weighted by atomic mass is 10.2. The number of nitrogens with two attached hydrogens (primary N) is 1. The molecule has 8 nitrogen and oxygen atoms in total. The first-order chi connectivity index (χ1) is 14.6. The van der Waals surface area contributed by atoms with Gasteiger partial charge in [-0.1, -0.05) is 6.07 Å². The maximum Gasteiger partial charge on any atom is 0.412 e. The SMILES string of the molecule is CCN=CC(C(=O)Nc1cccc(-c2nncn2C2(C(F)(F)F)CC2)n1)=C(N)C(F)F. The number of nitrogens with one attached hydrogen (secondary N) is 1. The number of aliphatic imine (C=N–C) groups is 1. The Labute approximate surface area is 173 Å². The molecule has 2 aromatic rings. The second-order valence-corrected chi connectivity index (χ2v) is 6.71. The molecule has 0 spiro atoms. The minimum atomic E-state index is -4.50. The van der Waals surface area contributed by atoms with Crippen LogP contribution in [0.3, 0.4) is 0 Å². The van der Waals surface area contributed by atoms with Crippen molar-refractivity contribution in [2.45, 2.75) is 37.9 Å². The van der Waals surface area contributed by atoms with Gasteiger partial charge in [0.25, 0.3) is 12.3 Å². The van der Waals surface area contributed by atoms with Crippen molar-refractivity contribution in [3.63, 3.8) is 0 Å². The molecule has 0 aliphatic heterocycles. The quantitative estimate of drug-likeness (QED) is 0.388. The summed E-state index contributed by atoms with van der Waals surface area (Å²) in [7, 11) is 0. The van der Waals surface area contributed by atoms with Crippen molar-refractivity contribution >= 4 is 17.9 Å². The highest BCUT2D eigenvalue weighted by atomic mass is 19.4. The van der Waals surface area contributed by atoms with E-state index in [0.717, 1.165) is 17.1 Å². The van der Waals surface area contributed by atoms with Crippen molar-refractivity contribution in [2.24, 2.45) is 10.7 Å². The molecule has 2 aromatic heterocycles. The number of nitrogens with zero attached hydrogens (tertiary/aromatic N) is 5. The van der Waals surface area contributed by atoms with E-state index in [4.69, 9.17) is 5.73 Å². The van der Waals surface area contributed by atoms with E-state index in [1.807, 2.05) is 0 Å². The summed E-state index contributed by atoms with van der Waals surface area (Å²) < 4.78 is 67.3. The largest absolute Gasteiger partial charge is 0.412 e. The molecule has 1 saturated carbocycles. The van der Waals surface area contributed by atoms with Gasteiger partial charge in [0.15, 0.2) is 5.82 Å². The number of allylic oxidation sites excluding steroid dienone is 1. The smallest absolute Gasteiger partial charge is 0.397 e. The average molecular weight is 443 g/mol. The highest BCUT2D eigenvalue weighted by molar-refractivity contribution is 6.18.